The molecule has 0 saturated carbocycles. The van der Waals surface area contributed by atoms with Gasteiger partial charge in [0.2, 0.25) is 0 Å². The van der Waals surface area contributed by atoms with Gasteiger partial charge in [-0.05, 0) is 24.3 Å². The third-order valence-electron chi connectivity index (χ3n) is 3.13. The zero-order chi connectivity index (χ0) is 10.6. The van der Waals surface area contributed by atoms with Gasteiger partial charge in [0, 0.05) is 18.8 Å². The molecule has 0 amide bonds. The van der Waals surface area contributed by atoms with E-state index in [2.05, 4.69) is 50.5 Å². The van der Waals surface area contributed by atoms with E-state index in [0.29, 0.717) is 5.41 Å². The van der Waals surface area contributed by atoms with Gasteiger partial charge in [-0.25, -0.2) is 0 Å². The van der Waals surface area contributed by atoms with E-state index in [1.54, 1.807) is 0 Å². The van der Waals surface area contributed by atoms with Gasteiger partial charge in [0.1, 0.15) is 0 Å². The molecular formula is C12H23NS. The lowest BCUT2D eigenvalue weighted by molar-refractivity contribution is 0.236. The molecule has 1 fully saturated rings. The van der Waals surface area contributed by atoms with E-state index in [1.165, 1.54) is 19.5 Å². The summed E-state index contributed by atoms with van der Waals surface area (Å²) in [5, 5.41) is 0. The first-order valence-corrected chi connectivity index (χ1v) is 6.15. The Labute approximate surface area is 94.0 Å². The highest BCUT2D eigenvalue weighted by Crippen LogP contribution is 2.33. The van der Waals surface area contributed by atoms with Crippen molar-refractivity contribution in [2.75, 3.05) is 25.4 Å². The lowest BCUT2D eigenvalue weighted by atomic mass is 9.80. The van der Waals surface area contributed by atoms with Gasteiger partial charge in [0.25, 0.3) is 0 Å². The zero-order valence-electron chi connectivity index (χ0n) is 9.66. The Balaban J connectivity index is 2.31. The Hall–Kier alpha value is 0.0500. The number of rotatable bonds is 3. The molecule has 1 aliphatic rings. The molecule has 0 spiro atoms. The maximum absolute atomic E-state index is 4.16. The van der Waals surface area contributed by atoms with Crippen molar-refractivity contribution in [3.8, 4) is 0 Å². The van der Waals surface area contributed by atoms with E-state index in [0.717, 1.165) is 18.2 Å². The van der Waals surface area contributed by atoms with Gasteiger partial charge in [-0.1, -0.05) is 32.9 Å². The summed E-state index contributed by atoms with van der Waals surface area (Å²) in [4.78, 5) is 2.54. The molecule has 1 rings (SSSR count). The lowest BCUT2D eigenvalue weighted by Gasteiger charge is -2.26. The van der Waals surface area contributed by atoms with Crippen LogP contribution in [0, 0.1) is 11.3 Å². The van der Waals surface area contributed by atoms with Crippen molar-refractivity contribution in [3.63, 3.8) is 0 Å². The van der Waals surface area contributed by atoms with Crippen LogP contribution in [0.4, 0.5) is 0 Å². The topological polar surface area (TPSA) is 3.24 Å². The van der Waals surface area contributed by atoms with E-state index in [-0.39, 0.29) is 0 Å². The van der Waals surface area contributed by atoms with Crippen molar-refractivity contribution >= 4 is 12.6 Å². The highest BCUT2D eigenvalue weighted by molar-refractivity contribution is 7.80. The fourth-order valence-electron chi connectivity index (χ4n) is 2.00. The molecule has 0 bridgehead atoms. The first-order valence-electron chi connectivity index (χ1n) is 5.52. The molecule has 1 atom stereocenters. The SMILES string of the molecule is CC(C)(C)C1CCN(C/C=C/CS)C1. The van der Waals surface area contributed by atoms with E-state index in [9.17, 15) is 0 Å². The zero-order valence-corrected chi connectivity index (χ0v) is 10.6. The van der Waals surface area contributed by atoms with Crippen LogP contribution in [-0.4, -0.2) is 30.3 Å². The highest BCUT2D eigenvalue weighted by Gasteiger charge is 2.30. The minimum Gasteiger partial charge on any atom is -0.299 e. The Morgan fingerprint density at radius 2 is 2.07 bits per heavy atom. The fraction of sp³-hybridized carbons (Fsp3) is 0.833. The van der Waals surface area contributed by atoms with Crippen LogP contribution in [0.5, 0.6) is 0 Å². The first kappa shape index (κ1) is 12.1. The molecule has 1 nitrogen and oxygen atoms in total. The predicted octanol–water partition coefficient (Wildman–Crippen LogP) is 2.84. The van der Waals surface area contributed by atoms with Crippen LogP contribution >= 0.6 is 12.6 Å². The Morgan fingerprint density at radius 3 is 2.57 bits per heavy atom. The molecule has 1 unspecified atom stereocenters. The third kappa shape index (κ3) is 3.66. The molecule has 1 aliphatic heterocycles. The quantitative estimate of drug-likeness (QED) is 0.557. The average molecular weight is 213 g/mol. The molecule has 2 heteroatoms. The van der Waals surface area contributed by atoms with Crippen molar-refractivity contribution < 1.29 is 0 Å². The minimum atomic E-state index is 0.474. The molecular weight excluding hydrogens is 190 g/mol. The Kier molecular flexibility index (Phi) is 4.52. The second-order valence-corrected chi connectivity index (χ2v) is 5.63. The largest absolute Gasteiger partial charge is 0.299 e. The number of hydrogen-bond donors (Lipinski definition) is 1. The summed E-state index contributed by atoms with van der Waals surface area (Å²) in [6.07, 6.45) is 5.73. The van der Waals surface area contributed by atoms with Gasteiger partial charge >= 0.3 is 0 Å². The number of likely N-dealkylation sites (tertiary alicyclic amines) is 1. The van der Waals surface area contributed by atoms with Crippen molar-refractivity contribution in [2.45, 2.75) is 27.2 Å². The van der Waals surface area contributed by atoms with Crippen LogP contribution in [0.2, 0.25) is 0 Å². The Morgan fingerprint density at radius 1 is 1.36 bits per heavy atom. The molecule has 0 N–H and O–H groups in total. The molecule has 0 aromatic heterocycles. The van der Waals surface area contributed by atoms with Gasteiger partial charge in [-0.15, -0.1) is 0 Å². The van der Waals surface area contributed by atoms with Crippen molar-refractivity contribution in [1.29, 1.82) is 0 Å². The van der Waals surface area contributed by atoms with Crippen molar-refractivity contribution in [3.05, 3.63) is 12.2 Å². The lowest BCUT2D eigenvalue weighted by Crippen LogP contribution is -2.26. The van der Waals surface area contributed by atoms with E-state index >= 15 is 0 Å². The van der Waals surface area contributed by atoms with Gasteiger partial charge in [-0.3, -0.25) is 4.90 Å². The molecule has 1 heterocycles. The van der Waals surface area contributed by atoms with E-state index in [4.69, 9.17) is 0 Å². The van der Waals surface area contributed by atoms with Crippen LogP contribution in [0.15, 0.2) is 12.2 Å². The highest BCUT2D eigenvalue weighted by atomic mass is 32.1. The molecule has 82 valence electrons. The summed E-state index contributed by atoms with van der Waals surface area (Å²) in [6.45, 7) is 10.7. The van der Waals surface area contributed by atoms with Crippen LogP contribution in [0.1, 0.15) is 27.2 Å². The normalized spacial score (nSPS) is 25.0. The number of hydrogen-bond acceptors (Lipinski definition) is 2. The minimum absolute atomic E-state index is 0.474. The van der Waals surface area contributed by atoms with Gasteiger partial charge in [0.15, 0.2) is 0 Å². The van der Waals surface area contributed by atoms with E-state index < -0.39 is 0 Å². The van der Waals surface area contributed by atoms with E-state index in [1.807, 2.05) is 0 Å². The molecule has 14 heavy (non-hydrogen) atoms. The van der Waals surface area contributed by atoms with Crippen molar-refractivity contribution in [1.82, 2.24) is 4.90 Å². The summed E-state index contributed by atoms with van der Waals surface area (Å²) >= 11 is 4.16. The van der Waals surface area contributed by atoms with Gasteiger partial charge in [0.05, 0.1) is 0 Å². The molecule has 0 aliphatic carbocycles. The maximum atomic E-state index is 4.16. The van der Waals surface area contributed by atoms with Crippen LogP contribution < -0.4 is 0 Å². The first-order chi connectivity index (χ1) is 6.54. The second kappa shape index (κ2) is 5.22. The molecule has 0 radical (unpaired) electrons. The Bertz CT molecular complexity index is 193. The van der Waals surface area contributed by atoms with Crippen LogP contribution in [0.3, 0.4) is 0 Å². The number of thiol groups is 1. The summed E-state index contributed by atoms with van der Waals surface area (Å²) in [5.74, 6) is 1.73. The smallest absolute Gasteiger partial charge is 0.0163 e. The van der Waals surface area contributed by atoms with Crippen LogP contribution in [0.25, 0.3) is 0 Å². The van der Waals surface area contributed by atoms with Crippen molar-refractivity contribution in [2.24, 2.45) is 11.3 Å². The maximum Gasteiger partial charge on any atom is 0.0163 e. The predicted molar refractivity (Wildman–Crippen MR) is 67.0 cm³/mol. The monoisotopic (exact) mass is 213 g/mol. The fourth-order valence-corrected chi connectivity index (χ4v) is 2.15. The summed E-state index contributed by atoms with van der Waals surface area (Å²) in [7, 11) is 0. The summed E-state index contributed by atoms with van der Waals surface area (Å²) in [5.41, 5.74) is 0.474. The standard InChI is InChI=1S/C12H23NS/c1-12(2,3)11-6-8-13(10-11)7-4-5-9-14/h4-5,11,14H,6-10H2,1-3H3/b5-4+. The van der Waals surface area contributed by atoms with Gasteiger partial charge < -0.3 is 0 Å². The second-order valence-electron chi connectivity index (χ2n) is 5.27. The number of nitrogens with zero attached hydrogens (tertiary/aromatic N) is 1. The molecule has 0 aromatic carbocycles. The molecule has 1 saturated heterocycles. The molecule has 0 aromatic rings. The summed E-state index contributed by atoms with van der Waals surface area (Å²) in [6, 6.07) is 0. The van der Waals surface area contributed by atoms with Gasteiger partial charge in [-0.2, -0.15) is 12.6 Å². The average Bonchev–Trinajstić information content (AvgIpc) is 2.52. The summed E-state index contributed by atoms with van der Waals surface area (Å²) < 4.78 is 0. The van der Waals surface area contributed by atoms with Crippen LogP contribution in [-0.2, 0) is 0 Å². The third-order valence-corrected chi connectivity index (χ3v) is 3.34.